The maximum Gasteiger partial charge on any atom is 0.418 e. The minimum absolute atomic E-state index is 0.0906. The number of nitrogens with zero attached hydrogens (tertiary/aromatic N) is 4. The van der Waals surface area contributed by atoms with Crippen molar-refractivity contribution in [3.05, 3.63) is 56.4 Å². The van der Waals surface area contributed by atoms with Gasteiger partial charge < -0.3 is 0 Å². The van der Waals surface area contributed by atoms with Crippen molar-refractivity contribution < 1.29 is 13.2 Å². The first-order valence-corrected chi connectivity index (χ1v) is 7.25. The SMILES string of the molecule is [C-]#[N+]c1cc(C)c(-n2nc(CCC)c(C(F)(F)F)cc2=O)nc1C. The van der Waals surface area contributed by atoms with E-state index in [1.807, 2.05) is 0 Å². The zero-order valence-electron chi connectivity index (χ0n) is 13.4. The van der Waals surface area contributed by atoms with E-state index in [0.29, 0.717) is 29.4 Å². The Kier molecular flexibility index (Phi) is 4.73. The Hall–Kier alpha value is -2.69. The van der Waals surface area contributed by atoms with Gasteiger partial charge in [0.05, 0.1) is 17.8 Å². The molecule has 0 N–H and O–H groups in total. The van der Waals surface area contributed by atoms with Crippen molar-refractivity contribution in [3.8, 4) is 5.82 Å². The number of rotatable bonds is 3. The van der Waals surface area contributed by atoms with Crippen molar-refractivity contribution in [3.63, 3.8) is 0 Å². The monoisotopic (exact) mass is 336 g/mol. The molecule has 0 aromatic carbocycles. The van der Waals surface area contributed by atoms with Crippen LogP contribution in [0.2, 0.25) is 0 Å². The molecule has 0 amide bonds. The molecule has 0 aliphatic carbocycles. The Morgan fingerprint density at radius 1 is 1.29 bits per heavy atom. The molecule has 0 saturated heterocycles. The summed E-state index contributed by atoms with van der Waals surface area (Å²) in [5.74, 6) is 0.135. The van der Waals surface area contributed by atoms with Crippen molar-refractivity contribution in [1.29, 1.82) is 0 Å². The van der Waals surface area contributed by atoms with Gasteiger partial charge in [-0.2, -0.15) is 23.0 Å². The smallest absolute Gasteiger partial charge is 0.267 e. The second-order valence-corrected chi connectivity index (χ2v) is 5.35. The van der Waals surface area contributed by atoms with Crippen LogP contribution in [-0.2, 0) is 12.6 Å². The lowest BCUT2D eigenvalue weighted by Crippen LogP contribution is -2.27. The highest BCUT2D eigenvalue weighted by Gasteiger charge is 2.35. The molecule has 0 bridgehead atoms. The standard InChI is InChI=1S/C16H15F3N4O/c1-5-6-12-11(16(17,18)19)8-14(24)23(22-12)15-9(2)7-13(20-4)10(3)21-15/h7-8H,5-6H2,1-3H3. The van der Waals surface area contributed by atoms with Crippen LogP contribution in [-0.4, -0.2) is 14.8 Å². The lowest BCUT2D eigenvalue weighted by molar-refractivity contribution is -0.138. The first-order valence-electron chi connectivity index (χ1n) is 7.25. The van der Waals surface area contributed by atoms with Crippen molar-refractivity contribution in [2.45, 2.75) is 39.8 Å². The van der Waals surface area contributed by atoms with E-state index in [-0.39, 0.29) is 17.9 Å². The van der Waals surface area contributed by atoms with E-state index in [0.717, 1.165) is 4.68 Å². The van der Waals surface area contributed by atoms with Crippen LogP contribution in [0.4, 0.5) is 18.9 Å². The quantitative estimate of drug-likeness (QED) is 0.802. The summed E-state index contributed by atoms with van der Waals surface area (Å²) in [5.41, 5.74) is -0.923. The van der Waals surface area contributed by atoms with E-state index in [1.165, 1.54) is 6.07 Å². The van der Waals surface area contributed by atoms with E-state index < -0.39 is 17.3 Å². The van der Waals surface area contributed by atoms with Crippen LogP contribution in [0.5, 0.6) is 0 Å². The van der Waals surface area contributed by atoms with Gasteiger partial charge >= 0.3 is 6.18 Å². The normalized spacial score (nSPS) is 11.4. The van der Waals surface area contributed by atoms with Crippen LogP contribution in [0.15, 0.2) is 16.9 Å². The molecule has 2 rings (SSSR count). The summed E-state index contributed by atoms with van der Waals surface area (Å²) in [6.45, 7) is 12.0. The number of halogens is 3. The predicted octanol–water partition coefficient (Wildman–Crippen LogP) is 3.77. The first kappa shape index (κ1) is 17.7. The van der Waals surface area contributed by atoms with Gasteiger partial charge in [-0.05, 0) is 31.9 Å². The highest BCUT2D eigenvalue weighted by molar-refractivity contribution is 5.54. The number of hydrogen-bond donors (Lipinski definition) is 0. The highest BCUT2D eigenvalue weighted by atomic mass is 19.4. The molecule has 0 atom stereocenters. The summed E-state index contributed by atoms with van der Waals surface area (Å²) in [4.78, 5) is 19.6. The molecule has 0 aliphatic heterocycles. The largest absolute Gasteiger partial charge is 0.418 e. The average Bonchev–Trinajstić information content (AvgIpc) is 2.50. The van der Waals surface area contributed by atoms with Crippen LogP contribution in [0.25, 0.3) is 10.7 Å². The Balaban J connectivity index is 2.73. The predicted molar refractivity (Wildman–Crippen MR) is 82.4 cm³/mol. The maximum atomic E-state index is 13.1. The average molecular weight is 336 g/mol. The molecule has 0 unspecified atom stereocenters. The molecule has 5 nitrogen and oxygen atoms in total. The molecule has 0 saturated carbocycles. The first-order chi connectivity index (χ1) is 11.2. The number of aromatic nitrogens is 3. The number of aryl methyl sites for hydroxylation is 3. The van der Waals surface area contributed by atoms with Crippen LogP contribution in [0, 0.1) is 20.4 Å². The molecular weight excluding hydrogens is 321 g/mol. The highest BCUT2D eigenvalue weighted by Crippen LogP contribution is 2.31. The van der Waals surface area contributed by atoms with Gasteiger partial charge in [-0.15, -0.1) is 0 Å². The van der Waals surface area contributed by atoms with Crippen molar-refractivity contribution in [2.24, 2.45) is 0 Å². The second-order valence-electron chi connectivity index (χ2n) is 5.35. The van der Waals surface area contributed by atoms with Gasteiger partial charge in [0, 0.05) is 11.8 Å². The third-order valence-corrected chi connectivity index (χ3v) is 3.47. The molecule has 2 aromatic rings. The van der Waals surface area contributed by atoms with Crippen LogP contribution >= 0.6 is 0 Å². The van der Waals surface area contributed by atoms with Crippen LogP contribution in [0.3, 0.4) is 0 Å². The van der Waals surface area contributed by atoms with Crippen molar-refractivity contribution in [1.82, 2.24) is 14.8 Å². The number of alkyl halides is 3. The van der Waals surface area contributed by atoms with E-state index in [9.17, 15) is 18.0 Å². The van der Waals surface area contributed by atoms with E-state index in [2.05, 4.69) is 14.9 Å². The zero-order chi connectivity index (χ0) is 18.1. The fourth-order valence-electron chi connectivity index (χ4n) is 2.32. The fraction of sp³-hybridized carbons (Fsp3) is 0.375. The summed E-state index contributed by atoms with van der Waals surface area (Å²) in [6, 6.07) is 2.09. The van der Waals surface area contributed by atoms with Gasteiger partial charge in [0.25, 0.3) is 5.56 Å². The number of pyridine rings is 1. The molecule has 2 heterocycles. The molecule has 0 spiro atoms. The fourth-order valence-corrected chi connectivity index (χ4v) is 2.32. The minimum Gasteiger partial charge on any atom is -0.267 e. The topological polar surface area (TPSA) is 52.1 Å². The lowest BCUT2D eigenvalue weighted by atomic mass is 10.1. The summed E-state index contributed by atoms with van der Waals surface area (Å²) in [7, 11) is 0. The molecule has 0 fully saturated rings. The summed E-state index contributed by atoms with van der Waals surface area (Å²) >= 11 is 0. The molecule has 0 radical (unpaired) electrons. The number of hydrogen-bond acceptors (Lipinski definition) is 3. The Bertz CT molecular complexity index is 879. The molecule has 8 heteroatoms. The van der Waals surface area contributed by atoms with Gasteiger partial charge in [0.15, 0.2) is 5.82 Å². The van der Waals surface area contributed by atoms with Gasteiger partial charge in [0.1, 0.15) is 0 Å². The zero-order valence-corrected chi connectivity index (χ0v) is 13.4. The van der Waals surface area contributed by atoms with E-state index in [4.69, 9.17) is 6.57 Å². The van der Waals surface area contributed by atoms with Crippen LogP contribution < -0.4 is 5.56 Å². The summed E-state index contributed by atoms with van der Waals surface area (Å²) in [5, 5.41) is 3.90. The summed E-state index contributed by atoms with van der Waals surface area (Å²) in [6.07, 6.45) is -4.09. The Labute approximate surface area is 136 Å². The minimum atomic E-state index is -4.64. The summed E-state index contributed by atoms with van der Waals surface area (Å²) < 4.78 is 40.1. The molecule has 2 aromatic heterocycles. The third kappa shape index (κ3) is 3.30. The van der Waals surface area contributed by atoms with Gasteiger partial charge in [0.2, 0.25) is 5.69 Å². The van der Waals surface area contributed by atoms with Crippen molar-refractivity contribution in [2.75, 3.05) is 0 Å². The lowest BCUT2D eigenvalue weighted by Gasteiger charge is -2.15. The molecule has 0 aliphatic rings. The maximum absolute atomic E-state index is 13.1. The molecule has 24 heavy (non-hydrogen) atoms. The Morgan fingerprint density at radius 3 is 2.50 bits per heavy atom. The second kappa shape index (κ2) is 6.43. The van der Waals surface area contributed by atoms with Gasteiger partial charge in [-0.25, -0.2) is 9.83 Å². The molecular formula is C16H15F3N4O. The van der Waals surface area contributed by atoms with Gasteiger partial charge in [-0.3, -0.25) is 4.79 Å². The Morgan fingerprint density at radius 2 is 1.96 bits per heavy atom. The van der Waals surface area contributed by atoms with Crippen molar-refractivity contribution >= 4 is 5.69 Å². The molecule has 126 valence electrons. The van der Waals surface area contributed by atoms with E-state index in [1.54, 1.807) is 20.8 Å². The van der Waals surface area contributed by atoms with E-state index >= 15 is 0 Å². The van der Waals surface area contributed by atoms with Gasteiger partial charge in [-0.1, -0.05) is 13.3 Å². The van der Waals surface area contributed by atoms with Crippen LogP contribution in [0.1, 0.15) is 35.9 Å². The third-order valence-electron chi connectivity index (χ3n) is 3.47.